The molecule has 3 fully saturated rings. The van der Waals surface area contributed by atoms with E-state index in [0.717, 1.165) is 16.3 Å². The van der Waals surface area contributed by atoms with Crippen molar-refractivity contribution >= 4 is 41.7 Å². The number of aromatic nitrogens is 1. The van der Waals surface area contributed by atoms with Gasteiger partial charge in [0.1, 0.15) is 6.61 Å². The second-order valence-corrected chi connectivity index (χ2v) is 7.92. The zero-order valence-corrected chi connectivity index (χ0v) is 17.7. The number of carbonyl (C=O) groups is 5. The molecule has 2 amide bonds. The minimum Gasteiger partial charge on any atom is -0.450 e. The number of hydrogen-bond acceptors (Lipinski definition) is 11. The van der Waals surface area contributed by atoms with E-state index in [1.54, 1.807) is 24.5 Å². The number of cyclic esters (lactones) is 2. The van der Waals surface area contributed by atoms with E-state index in [2.05, 4.69) is 4.98 Å². The third-order valence-corrected chi connectivity index (χ3v) is 6.02. The number of pyridine rings is 1. The van der Waals surface area contributed by atoms with Crippen LogP contribution in [0, 0.1) is 0 Å². The molecule has 3 aliphatic heterocycles. The molecule has 3 saturated heterocycles. The van der Waals surface area contributed by atoms with Crippen LogP contribution in [0.25, 0.3) is 0 Å². The van der Waals surface area contributed by atoms with Crippen molar-refractivity contribution in [1.29, 1.82) is 0 Å². The van der Waals surface area contributed by atoms with Crippen LogP contribution in [0.2, 0.25) is 0 Å². The van der Waals surface area contributed by atoms with Gasteiger partial charge in [-0.05, 0) is 29.3 Å². The smallest absolute Gasteiger partial charge is 0.375 e. The van der Waals surface area contributed by atoms with Crippen LogP contribution in [0.5, 0.6) is 0 Å². The van der Waals surface area contributed by atoms with Crippen LogP contribution in [-0.2, 0) is 48.7 Å². The topological polar surface area (TPSA) is 142 Å². The zero-order valence-electron chi connectivity index (χ0n) is 16.9. The van der Waals surface area contributed by atoms with Gasteiger partial charge in [0.15, 0.2) is 6.04 Å². The fourth-order valence-electron chi connectivity index (χ4n) is 3.61. The lowest BCUT2D eigenvalue weighted by Crippen LogP contribution is -2.51. The van der Waals surface area contributed by atoms with E-state index in [9.17, 15) is 24.0 Å². The Labute approximate surface area is 186 Å². The molecular weight excluding hydrogens is 446 g/mol. The summed E-state index contributed by atoms with van der Waals surface area (Å²) in [5.74, 6) is -3.52. The molecule has 0 bridgehead atoms. The molecule has 0 aliphatic carbocycles. The van der Waals surface area contributed by atoms with Crippen LogP contribution in [0.1, 0.15) is 31.4 Å². The number of ether oxygens (including phenoxy) is 2. The van der Waals surface area contributed by atoms with E-state index in [4.69, 9.17) is 19.1 Å². The Morgan fingerprint density at radius 3 is 2.66 bits per heavy atom. The second-order valence-electron chi connectivity index (χ2n) is 7.16. The fraction of sp³-hybridized carbons (Fsp3) is 0.474. The molecule has 13 heteroatoms. The standard InChI is InChI=1S/C19H19N3O9S/c1-32-21(18(27)19(8-7-15(24)30-19)13-4-2-3-9-20-13)11-10-28-22(16(11)25)31-17(26)12-5-6-14(23)29-12/h2-4,9,11-12H,5-8,10H2,1H3/t11-,12?,19?/m0/s1. The summed E-state index contributed by atoms with van der Waals surface area (Å²) < 4.78 is 11.4. The highest BCUT2D eigenvalue weighted by Crippen LogP contribution is 2.40. The maximum absolute atomic E-state index is 13.5. The Kier molecular flexibility index (Phi) is 6.02. The van der Waals surface area contributed by atoms with Crippen LogP contribution in [0.3, 0.4) is 0 Å². The summed E-state index contributed by atoms with van der Waals surface area (Å²) in [6, 6.07) is 3.73. The first-order valence-corrected chi connectivity index (χ1v) is 10.9. The lowest BCUT2D eigenvalue weighted by molar-refractivity contribution is -0.306. The molecule has 3 aliphatic rings. The van der Waals surface area contributed by atoms with Crippen molar-refractivity contribution in [1.82, 2.24) is 14.5 Å². The van der Waals surface area contributed by atoms with Crippen molar-refractivity contribution < 1.29 is 43.1 Å². The molecule has 0 saturated carbocycles. The maximum atomic E-state index is 13.5. The summed E-state index contributed by atoms with van der Waals surface area (Å²) in [6.45, 7) is -0.296. The van der Waals surface area contributed by atoms with Gasteiger partial charge in [0.05, 0.1) is 12.1 Å². The lowest BCUT2D eigenvalue weighted by atomic mass is 9.93. The molecule has 4 rings (SSSR count). The minimum atomic E-state index is -1.68. The Hall–Kier alpha value is -3.19. The predicted molar refractivity (Wildman–Crippen MR) is 103 cm³/mol. The van der Waals surface area contributed by atoms with Gasteiger partial charge in [-0.15, -0.1) is 0 Å². The van der Waals surface area contributed by atoms with Gasteiger partial charge in [0.2, 0.25) is 11.7 Å². The predicted octanol–water partition coefficient (Wildman–Crippen LogP) is 0.0267. The molecule has 0 aromatic carbocycles. The van der Waals surface area contributed by atoms with E-state index >= 15 is 0 Å². The fourth-order valence-corrected chi connectivity index (χ4v) is 4.33. The highest BCUT2D eigenvalue weighted by molar-refractivity contribution is 7.96. The molecule has 32 heavy (non-hydrogen) atoms. The first kappa shape index (κ1) is 22.0. The largest absolute Gasteiger partial charge is 0.450 e. The Balaban J connectivity index is 1.51. The molecule has 170 valence electrons. The van der Waals surface area contributed by atoms with Crippen LogP contribution >= 0.6 is 11.9 Å². The Bertz CT molecular complexity index is 959. The van der Waals surface area contributed by atoms with Gasteiger partial charge in [-0.3, -0.25) is 28.5 Å². The van der Waals surface area contributed by atoms with Gasteiger partial charge in [-0.2, -0.15) is 0 Å². The number of amides is 2. The number of hydrogen-bond donors (Lipinski definition) is 0. The summed E-state index contributed by atoms with van der Waals surface area (Å²) in [4.78, 5) is 75.9. The number of hydroxylamine groups is 2. The van der Waals surface area contributed by atoms with Crippen LogP contribution in [0.4, 0.5) is 0 Å². The molecule has 3 atom stereocenters. The SMILES string of the molecule is CSN(C(=O)C1(c2ccccn2)CCC(=O)O1)[C@H]1CON(OC(=O)C2CCC(=O)O2)C1=O. The Morgan fingerprint density at radius 1 is 1.25 bits per heavy atom. The van der Waals surface area contributed by atoms with Crippen molar-refractivity contribution in [3.05, 3.63) is 30.1 Å². The Morgan fingerprint density at radius 2 is 2.06 bits per heavy atom. The maximum Gasteiger partial charge on any atom is 0.375 e. The van der Waals surface area contributed by atoms with Crippen molar-refractivity contribution in [3.63, 3.8) is 0 Å². The third kappa shape index (κ3) is 3.88. The van der Waals surface area contributed by atoms with Crippen molar-refractivity contribution in [2.24, 2.45) is 0 Å². The lowest BCUT2D eigenvalue weighted by Gasteiger charge is -2.33. The number of carbonyl (C=O) groups excluding carboxylic acids is 5. The first-order chi connectivity index (χ1) is 15.4. The van der Waals surface area contributed by atoms with E-state index < -0.39 is 47.5 Å². The van der Waals surface area contributed by atoms with Crippen molar-refractivity contribution in [2.75, 3.05) is 12.9 Å². The normalized spacial score (nSPS) is 27.3. The van der Waals surface area contributed by atoms with Gasteiger partial charge in [0.25, 0.3) is 5.91 Å². The highest BCUT2D eigenvalue weighted by atomic mass is 32.2. The number of nitrogens with zero attached hydrogens (tertiary/aromatic N) is 3. The minimum absolute atomic E-state index is 0.0174. The van der Waals surface area contributed by atoms with Crippen LogP contribution < -0.4 is 0 Å². The highest BCUT2D eigenvalue weighted by Gasteiger charge is 2.55. The molecule has 0 N–H and O–H groups in total. The number of esters is 2. The quantitative estimate of drug-likeness (QED) is 0.415. The molecule has 4 heterocycles. The van der Waals surface area contributed by atoms with Crippen molar-refractivity contribution in [2.45, 2.75) is 43.4 Å². The average molecular weight is 465 g/mol. The molecule has 0 spiro atoms. The summed E-state index contributed by atoms with van der Waals surface area (Å²) in [6.07, 6.45) is 2.20. The third-order valence-electron chi connectivity index (χ3n) is 5.21. The van der Waals surface area contributed by atoms with E-state index in [-0.39, 0.29) is 38.0 Å². The summed E-state index contributed by atoms with van der Waals surface area (Å²) >= 11 is 0.934. The second kappa shape index (κ2) is 8.74. The van der Waals surface area contributed by atoms with Gasteiger partial charge in [-0.25, -0.2) is 9.63 Å². The summed E-state index contributed by atoms with van der Waals surface area (Å²) in [5, 5.41) is 0.379. The van der Waals surface area contributed by atoms with Crippen LogP contribution in [0.15, 0.2) is 24.4 Å². The monoisotopic (exact) mass is 465 g/mol. The molecular formula is C19H19N3O9S. The molecule has 12 nitrogen and oxygen atoms in total. The zero-order chi connectivity index (χ0) is 22.9. The molecule has 1 aromatic rings. The molecule has 2 unspecified atom stereocenters. The van der Waals surface area contributed by atoms with E-state index in [0.29, 0.717) is 5.23 Å². The van der Waals surface area contributed by atoms with Gasteiger partial charge in [-0.1, -0.05) is 6.07 Å². The average Bonchev–Trinajstić information content (AvgIpc) is 3.50. The van der Waals surface area contributed by atoms with Crippen molar-refractivity contribution in [3.8, 4) is 0 Å². The number of rotatable bonds is 6. The molecule has 0 radical (unpaired) electrons. The van der Waals surface area contributed by atoms with Gasteiger partial charge in [0, 0.05) is 31.7 Å². The first-order valence-electron chi connectivity index (χ1n) is 9.75. The van der Waals surface area contributed by atoms with Gasteiger partial charge >= 0.3 is 23.8 Å². The van der Waals surface area contributed by atoms with Crippen LogP contribution in [-0.4, -0.2) is 69.2 Å². The summed E-state index contributed by atoms with van der Waals surface area (Å²) in [7, 11) is 0. The van der Waals surface area contributed by atoms with Gasteiger partial charge < -0.3 is 14.3 Å². The summed E-state index contributed by atoms with van der Waals surface area (Å²) in [5.41, 5.74) is -1.43. The molecule has 1 aromatic heterocycles. The van der Waals surface area contributed by atoms with E-state index in [1.165, 1.54) is 6.20 Å². The van der Waals surface area contributed by atoms with E-state index in [1.807, 2.05) is 0 Å².